The fraction of sp³-hybridized carbons (Fsp3) is 0.462. The fourth-order valence-electron chi connectivity index (χ4n) is 1.51. The topological polar surface area (TPSA) is 63.2 Å². The number of benzene rings is 1. The van der Waals surface area contributed by atoms with E-state index in [1.165, 1.54) is 12.1 Å². The van der Waals surface area contributed by atoms with Gasteiger partial charge in [-0.25, -0.2) is 8.42 Å². The van der Waals surface area contributed by atoms with Crippen LogP contribution >= 0.6 is 10.7 Å². The fourth-order valence-corrected chi connectivity index (χ4v) is 2.28. The molecule has 0 spiro atoms. The van der Waals surface area contributed by atoms with Gasteiger partial charge in [0.2, 0.25) is 5.91 Å². The second-order valence-corrected chi connectivity index (χ2v) is 7.00. The molecular weight excluding hydrogens is 286 g/mol. The van der Waals surface area contributed by atoms with E-state index < -0.39 is 9.05 Å². The van der Waals surface area contributed by atoms with E-state index in [-0.39, 0.29) is 16.7 Å². The highest BCUT2D eigenvalue weighted by atomic mass is 35.7. The average molecular weight is 304 g/mol. The number of nitrogens with one attached hydrogen (secondary N) is 1. The van der Waals surface area contributed by atoms with E-state index >= 15 is 0 Å². The molecule has 0 heterocycles. The quantitative estimate of drug-likeness (QED) is 0.820. The summed E-state index contributed by atoms with van der Waals surface area (Å²) >= 11 is 0. The Hall–Kier alpha value is -1.07. The van der Waals surface area contributed by atoms with Crippen LogP contribution in [0.15, 0.2) is 29.2 Å². The minimum Gasteiger partial charge on any atom is -0.356 e. The van der Waals surface area contributed by atoms with Crippen LogP contribution in [0.5, 0.6) is 0 Å². The number of rotatable bonds is 6. The summed E-state index contributed by atoms with van der Waals surface area (Å²) in [5.41, 5.74) is 0.952. The average Bonchev–Trinajstić information content (AvgIpc) is 2.37. The van der Waals surface area contributed by atoms with Crippen LogP contribution in [0.1, 0.15) is 25.8 Å². The maximum atomic E-state index is 11.5. The van der Waals surface area contributed by atoms with E-state index in [1.54, 1.807) is 12.1 Å². The van der Waals surface area contributed by atoms with Gasteiger partial charge < -0.3 is 5.32 Å². The van der Waals surface area contributed by atoms with Crippen LogP contribution in [0.25, 0.3) is 0 Å². The van der Waals surface area contributed by atoms with Crippen molar-refractivity contribution in [2.45, 2.75) is 31.6 Å². The number of amides is 1. The molecule has 4 nitrogen and oxygen atoms in total. The smallest absolute Gasteiger partial charge is 0.261 e. The Kier molecular flexibility index (Phi) is 5.82. The van der Waals surface area contributed by atoms with Crippen molar-refractivity contribution in [2.24, 2.45) is 5.92 Å². The first kappa shape index (κ1) is 16.0. The van der Waals surface area contributed by atoms with E-state index in [4.69, 9.17) is 10.7 Å². The highest BCUT2D eigenvalue weighted by Gasteiger charge is 2.10. The molecule has 0 aromatic heterocycles. The summed E-state index contributed by atoms with van der Waals surface area (Å²) in [5.74, 6) is 0.0613. The van der Waals surface area contributed by atoms with Crippen molar-refractivity contribution in [3.05, 3.63) is 29.8 Å². The predicted molar refractivity (Wildman–Crippen MR) is 75.6 cm³/mol. The zero-order valence-corrected chi connectivity index (χ0v) is 12.6. The van der Waals surface area contributed by atoms with Gasteiger partial charge in [-0.2, -0.15) is 0 Å². The molecule has 1 unspecified atom stereocenters. The predicted octanol–water partition coefficient (Wildman–Crippen LogP) is 2.32. The Morgan fingerprint density at radius 3 is 2.37 bits per heavy atom. The van der Waals surface area contributed by atoms with Gasteiger partial charge in [-0.15, -0.1) is 0 Å². The van der Waals surface area contributed by atoms with E-state index in [1.807, 2.05) is 13.8 Å². The summed E-state index contributed by atoms with van der Waals surface area (Å²) in [4.78, 5) is 11.6. The number of carbonyl (C=O) groups is 1. The molecule has 0 radical (unpaired) electrons. The van der Waals surface area contributed by atoms with Crippen molar-refractivity contribution in [3.63, 3.8) is 0 Å². The molecule has 1 atom stereocenters. The Morgan fingerprint density at radius 1 is 1.32 bits per heavy atom. The standard InChI is InChI=1S/C13H18ClNO3S/c1-3-10(2)13(16)15-9-8-11-4-6-12(7-5-11)19(14,17)18/h4-7,10H,3,8-9H2,1-2H3,(H,15,16). The zero-order chi connectivity index (χ0) is 14.5. The SMILES string of the molecule is CCC(C)C(=O)NCCc1ccc(S(=O)(=O)Cl)cc1. The minimum atomic E-state index is -3.67. The van der Waals surface area contributed by atoms with Crippen molar-refractivity contribution in [2.75, 3.05) is 6.54 Å². The molecule has 106 valence electrons. The molecule has 6 heteroatoms. The third-order valence-electron chi connectivity index (χ3n) is 2.98. The molecule has 0 aliphatic heterocycles. The maximum absolute atomic E-state index is 11.5. The van der Waals surface area contributed by atoms with E-state index in [2.05, 4.69) is 5.32 Å². The molecule has 0 aliphatic rings. The molecule has 0 saturated carbocycles. The second-order valence-electron chi connectivity index (χ2n) is 4.43. The van der Waals surface area contributed by atoms with Crippen LogP contribution in [0.4, 0.5) is 0 Å². The first-order chi connectivity index (χ1) is 8.84. The molecule has 19 heavy (non-hydrogen) atoms. The summed E-state index contributed by atoms with van der Waals surface area (Å²) in [7, 11) is 1.56. The van der Waals surface area contributed by atoms with Crippen molar-refractivity contribution >= 4 is 25.6 Å². The van der Waals surface area contributed by atoms with Gasteiger partial charge >= 0.3 is 0 Å². The normalized spacial score (nSPS) is 13.0. The lowest BCUT2D eigenvalue weighted by Gasteiger charge is -2.09. The molecule has 1 N–H and O–H groups in total. The molecule has 0 saturated heterocycles. The van der Waals surface area contributed by atoms with Crippen molar-refractivity contribution < 1.29 is 13.2 Å². The Bertz CT molecular complexity index is 525. The third kappa shape index (κ3) is 5.20. The van der Waals surface area contributed by atoms with E-state index in [0.29, 0.717) is 13.0 Å². The molecule has 1 aromatic rings. The molecule has 0 bridgehead atoms. The van der Waals surface area contributed by atoms with Gasteiger partial charge in [0.1, 0.15) is 0 Å². The van der Waals surface area contributed by atoms with Crippen LogP contribution in [0.3, 0.4) is 0 Å². The molecule has 1 rings (SSSR count). The Labute approximate surface area is 118 Å². The van der Waals surface area contributed by atoms with Gasteiger partial charge in [0.05, 0.1) is 4.90 Å². The molecule has 1 aromatic carbocycles. The van der Waals surface area contributed by atoms with Crippen LogP contribution in [-0.2, 0) is 20.3 Å². The largest absolute Gasteiger partial charge is 0.356 e. The summed E-state index contributed by atoms with van der Waals surface area (Å²) in [6, 6.07) is 6.33. The van der Waals surface area contributed by atoms with Crippen LogP contribution in [-0.4, -0.2) is 20.9 Å². The second kappa shape index (κ2) is 6.91. The van der Waals surface area contributed by atoms with Crippen LogP contribution < -0.4 is 5.32 Å². The van der Waals surface area contributed by atoms with Crippen molar-refractivity contribution in [1.29, 1.82) is 0 Å². The van der Waals surface area contributed by atoms with Gasteiger partial charge in [0.25, 0.3) is 9.05 Å². The summed E-state index contributed by atoms with van der Waals surface area (Å²) in [5, 5.41) is 2.84. The number of carbonyl (C=O) groups excluding carboxylic acids is 1. The summed E-state index contributed by atoms with van der Waals surface area (Å²) < 4.78 is 22.1. The number of halogens is 1. The summed E-state index contributed by atoms with van der Waals surface area (Å²) in [6.07, 6.45) is 1.47. The van der Waals surface area contributed by atoms with Gasteiger partial charge in [0.15, 0.2) is 0 Å². The third-order valence-corrected chi connectivity index (χ3v) is 4.35. The lowest BCUT2D eigenvalue weighted by atomic mass is 10.1. The van der Waals surface area contributed by atoms with Gasteiger partial charge in [-0.1, -0.05) is 26.0 Å². The van der Waals surface area contributed by atoms with Crippen molar-refractivity contribution in [3.8, 4) is 0 Å². The lowest BCUT2D eigenvalue weighted by molar-refractivity contribution is -0.124. The maximum Gasteiger partial charge on any atom is 0.261 e. The number of hydrogen-bond acceptors (Lipinski definition) is 3. The van der Waals surface area contributed by atoms with Crippen LogP contribution in [0, 0.1) is 5.92 Å². The minimum absolute atomic E-state index is 0.0174. The molecule has 0 aliphatic carbocycles. The molecule has 0 fully saturated rings. The number of hydrogen-bond donors (Lipinski definition) is 1. The highest BCUT2D eigenvalue weighted by Crippen LogP contribution is 2.15. The summed E-state index contributed by atoms with van der Waals surface area (Å²) in [6.45, 7) is 4.39. The van der Waals surface area contributed by atoms with Gasteiger partial charge in [-0.3, -0.25) is 4.79 Å². The Balaban J connectivity index is 2.49. The van der Waals surface area contributed by atoms with E-state index in [9.17, 15) is 13.2 Å². The van der Waals surface area contributed by atoms with Gasteiger partial charge in [-0.05, 0) is 30.5 Å². The van der Waals surface area contributed by atoms with Crippen LogP contribution in [0.2, 0.25) is 0 Å². The first-order valence-corrected chi connectivity index (χ1v) is 8.47. The Morgan fingerprint density at radius 2 is 1.89 bits per heavy atom. The van der Waals surface area contributed by atoms with Crippen molar-refractivity contribution in [1.82, 2.24) is 5.32 Å². The van der Waals surface area contributed by atoms with E-state index in [0.717, 1.165) is 12.0 Å². The lowest BCUT2D eigenvalue weighted by Crippen LogP contribution is -2.30. The molecule has 1 amide bonds. The first-order valence-electron chi connectivity index (χ1n) is 6.16. The highest BCUT2D eigenvalue weighted by molar-refractivity contribution is 8.13. The molecular formula is C13H18ClNO3S. The monoisotopic (exact) mass is 303 g/mol. The zero-order valence-electron chi connectivity index (χ0n) is 11.0. The van der Waals surface area contributed by atoms with Gasteiger partial charge in [0, 0.05) is 23.1 Å².